The van der Waals surface area contributed by atoms with Gasteiger partial charge in [0.1, 0.15) is 5.82 Å². The highest BCUT2D eigenvalue weighted by Crippen LogP contribution is 2.22. The molecule has 0 N–H and O–H groups in total. The Kier molecular flexibility index (Phi) is 4.88. The molecule has 0 spiro atoms. The van der Waals surface area contributed by atoms with Gasteiger partial charge in [-0.15, -0.1) is 0 Å². The minimum absolute atomic E-state index is 0.0475. The third-order valence-electron chi connectivity index (χ3n) is 5.58. The molecule has 3 rings (SSSR count). The van der Waals surface area contributed by atoms with Crippen molar-refractivity contribution in [1.82, 2.24) is 23.6 Å². The second-order valence-corrected chi connectivity index (χ2v) is 7.52. The molecule has 142 valence electrons. The van der Waals surface area contributed by atoms with Crippen LogP contribution in [0.5, 0.6) is 0 Å². The minimum Gasteiger partial charge on any atom is -0.311 e. The van der Waals surface area contributed by atoms with Crippen molar-refractivity contribution < 1.29 is 4.79 Å². The van der Waals surface area contributed by atoms with E-state index < -0.39 is 17.3 Å². The fourth-order valence-electron chi connectivity index (χ4n) is 3.59. The van der Waals surface area contributed by atoms with Gasteiger partial charge in [-0.1, -0.05) is 6.92 Å². The Morgan fingerprint density at radius 1 is 1.19 bits per heavy atom. The van der Waals surface area contributed by atoms with Gasteiger partial charge >= 0.3 is 5.69 Å². The zero-order valence-electron chi connectivity index (χ0n) is 16.2. The van der Waals surface area contributed by atoms with Gasteiger partial charge in [-0.05, 0) is 45.7 Å². The zero-order valence-corrected chi connectivity index (χ0v) is 16.2. The van der Waals surface area contributed by atoms with Gasteiger partial charge in [-0.25, -0.2) is 9.78 Å². The van der Waals surface area contributed by atoms with E-state index >= 15 is 0 Å². The van der Waals surface area contributed by atoms with Crippen LogP contribution in [0.15, 0.2) is 9.59 Å². The number of aryl methyl sites for hydroxylation is 1. The van der Waals surface area contributed by atoms with Crippen LogP contribution in [0.1, 0.15) is 45.5 Å². The lowest BCUT2D eigenvalue weighted by Gasteiger charge is -2.30. The lowest BCUT2D eigenvalue weighted by molar-refractivity contribution is -0.119. The number of nitrogens with zero attached hydrogens (tertiary/aromatic N) is 5. The molecule has 0 radical (unpaired) electrons. The number of aromatic nitrogens is 4. The van der Waals surface area contributed by atoms with Crippen LogP contribution in [-0.2, 0) is 25.4 Å². The number of rotatable bonds is 4. The van der Waals surface area contributed by atoms with E-state index in [1.54, 1.807) is 18.5 Å². The molecule has 1 aliphatic rings. The van der Waals surface area contributed by atoms with Crippen LogP contribution < -0.4 is 11.2 Å². The summed E-state index contributed by atoms with van der Waals surface area (Å²) in [4.78, 5) is 44.0. The van der Waals surface area contributed by atoms with E-state index in [1.165, 1.54) is 18.5 Å². The highest BCUT2D eigenvalue weighted by atomic mass is 16.2. The number of piperidine rings is 1. The standard InChI is InChI=1S/C18H27N5O3/c1-11-6-8-22(9-7-11)10-14-19-16-15(23(14)12(2)13(3)24)17(25)21(5)18(26)20(16)4/h11-12H,6-10H2,1-5H3/t12-/m1/s1. The highest BCUT2D eigenvalue weighted by molar-refractivity contribution is 5.82. The smallest absolute Gasteiger partial charge is 0.311 e. The summed E-state index contributed by atoms with van der Waals surface area (Å²) in [5.74, 6) is 1.33. The van der Waals surface area contributed by atoms with Crippen LogP contribution in [0.25, 0.3) is 11.2 Å². The van der Waals surface area contributed by atoms with Gasteiger partial charge in [0, 0.05) is 14.1 Å². The third kappa shape index (κ3) is 3.02. The molecule has 0 aromatic carbocycles. The highest BCUT2D eigenvalue weighted by Gasteiger charge is 2.26. The number of hydrogen-bond donors (Lipinski definition) is 0. The molecule has 8 nitrogen and oxygen atoms in total. The van der Waals surface area contributed by atoms with E-state index in [4.69, 9.17) is 0 Å². The fraction of sp³-hybridized carbons (Fsp3) is 0.667. The SMILES string of the molecule is CC(=O)[C@@H](C)n1c(CN2CCC(C)CC2)nc2c1c(=O)n(C)c(=O)n2C. The first-order valence-electron chi connectivity index (χ1n) is 9.12. The molecule has 26 heavy (non-hydrogen) atoms. The maximum absolute atomic E-state index is 12.8. The molecule has 1 aliphatic heterocycles. The van der Waals surface area contributed by atoms with Crippen molar-refractivity contribution in [3.8, 4) is 0 Å². The average molecular weight is 361 g/mol. The van der Waals surface area contributed by atoms with Gasteiger partial charge in [-0.2, -0.15) is 0 Å². The second kappa shape index (κ2) is 6.83. The number of carbonyl (C=O) groups excluding carboxylic acids is 1. The molecule has 0 saturated carbocycles. The van der Waals surface area contributed by atoms with Crippen LogP contribution in [0, 0.1) is 5.92 Å². The van der Waals surface area contributed by atoms with Gasteiger partial charge in [0.15, 0.2) is 16.9 Å². The Balaban J connectivity index is 2.18. The van der Waals surface area contributed by atoms with Crippen molar-refractivity contribution >= 4 is 16.9 Å². The molecule has 1 fully saturated rings. The Morgan fingerprint density at radius 3 is 2.38 bits per heavy atom. The first-order valence-corrected chi connectivity index (χ1v) is 9.12. The number of imidazole rings is 1. The van der Waals surface area contributed by atoms with E-state index in [-0.39, 0.29) is 5.78 Å². The van der Waals surface area contributed by atoms with Gasteiger partial charge in [0.05, 0.1) is 12.6 Å². The van der Waals surface area contributed by atoms with Crippen LogP contribution >= 0.6 is 0 Å². The molecule has 0 bridgehead atoms. The van der Waals surface area contributed by atoms with Crippen molar-refractivity contribution in [3.63, 3.8) is 0 Å². The monoisotopic (exact) mass is 361 g/mol. The van der Waals surface area contributed by atoms with E-state index in [0.717, 1.165) is 30.5 Å². The molecule has 0 aliphatic carbocycles. The molecule has 1 atom stereocenters. The van der Waals surface area contributed by atoms with Crippen molar-refractivity contribution in [2.24, 2.45) is 20.0 Å². The van der Waals surface area contributed by atoms with E-state index in [2.05, 4.69) is 16.8 Å². The first kappa shape index (κ1) is 18.6. The summed E-state index contributed by atoms with van der Waals surface area (Å²) in [6.07, 6.45) is 2.26. The van der Waals surface area contributed by atoms with Crippen molar-refractivity contribution in [1.29, 1.82) is 0 Å². The lowest BCUT2D eigenvalue weighted by Crippen LogP contribution is -2.38. The molecule has 2 aromatic heterocycles. The van der Waals surface area contributed by atoms with Gasteiger partial charge in [-0.3, -0.25) is 23.6 Å². The third-order valence-corrected chi connectivity index (χ3v) is 5.58. The van der Waals surface area contributed by atoms with Crippen LogP contribution in [0.4, 0.5) is 0 Å². The maximum Gasteiger partial charge on any atom is 0.332 e. The zero-order chi connectivity index (χ0) is 19.2. The molecule has 2 aromatic rings. The summed E-state index contributed by atoms with van der Waals surface area (Å²) in [5, 5.41) is 0. The molecular weight excluding hydrogens is 334 g/mol. The van der Waals surface area contributed by atoms with Crippen LogP contribution in [0.3, 0.4) is 0 Å². The fourth-order valence-corrected chi connectivity index (χ4v) is 3.59. The predicted molar refractivity (Wildman–Crippen MR) is 99.3 cm³/mol. The van der Waals surface area contributed by atoms with Crippen molar-refractivity contribution in [2.75, 3.05) is 13.1 Å². The summed E-state index contributed by atoms with van der Waals surface area (Å²) < 4.78 is 4.17. The van der Waals surface area contributed by atoms with Gasteiger partial charge in [0.25, 0.3) is 5.56 Å². The Labute approximate surface area is 152 Å². The van der Waals surface area contributed by atoms with Crippen LogP contribution in [0.2, 0.25) is 0 Å². The number of fused-ring (bicyclic) bond motifs is 1. The van der Waals surface area contributed by atoms with E-state index in [1.807, 2.05) is 0 Å². The Bertz CT molecular complexity index is 960. The lowest BCUT2D eigenvalue weighted by atomic mass is 9.99. The van der Waals surface area contributed by atoms with Crippen molar-refractivity contribution in [2.45, 2.75) is 46.2 Å². The molecule has 0 unspecified atom stereocenters. The van der Waals surface area contributed by atoms with Crippen molar-refractivity contribution in [3.05, 3.63) is 26.7 Å². The average Bonchev–Trinajstić information content (AvgIpc) is 2.98. The quantitative estimate of drug-likeness (QED) is 0.805. The number of ketones is 1. The molecular formula is C18H27N5O3. The Morgan fingerprint density at radius 2 is 1.81 bits per heavy atom. The predicted octanol–water partition coefficient (Wildman–Crippen LogP) is 0.816. The topological polar surface area (TPSA) is 82.1 Å². The summed E-state index contributed by atoms with van der Waals surface area (Å²) >= 11 is 0. The number of hydrogen-bond acceptors (Lipinski definition) is 5. The van der Waals surface area contributed by atoms with E-state index in [9.17, 15) is 14.4 Å². The van der Waals surface area contributed by atoms with E-state index in [0.29, 0.717) is 29.5 Å². The van der Waals surface area contributed by atoms with Gasteiger partial charge < -0.3 is 4.57 Å². The summed E-state index contributed by atoms with van der Waals surface area (Å²) in [5.41, 5.74) is -0.174. The van der Waals surface area contributed by atoms with Gasteiger partial charge in [0.2, 0.25) is 0 Å². The summed E-state index contributed by atoms with van der Waals surface area (Å²) in [6.45, 7) is 8.04. The number of carbonyl (C=O) groups is 1. The van der Waals surface area contributed by atoms with Crippen LogP contribution in [-0.4, -0.2) is 42.5 Å². The normalized spacial score (nSPS) is 17.7. The first-order chi connectivity index (χ1) is 12.2. The summed E-state index contributed by atoms with van der Waals surface area (Å²) in [7, 11) is 3.05. The molecule has 0 amide bonds. The second-order valence-electron chi connectivity index (χ2n) is 7.52. The summed E-state index contributed by atoms with van der Waals surface area (Å²) in [6, 6.07) is -0.510. The number of likely N-dealkylation sites (tertiary alicyclic amines) is 1. The maximum atomic E-state index is 12.8. The molecule has 8 heteroatoms. The largest absolute Gasteiger partial charge is 0.332 e. The molecule has 3 heterocycles. The minimum atomic E-state index is -0.510. The Hall–Kier alpha value is -2.22. The number of Topliss-reactive ketones (excluding diaryl/α,β-unsaturated/α-hetero) is 1. The molecule has 1 saturated heterocycles.